The van der Waals surface area contributed by atoms with Crippen LogP contribution < -0.4 is 10.0 Å². The van der Waals surface area contributed by atoms with Crippen molar-refractivity contribution in [2.75, 3.05) is 13.1 Å². The van der Waals surface area contributed by atoms with E-state index in [0.717, 1.165) is 16.3 Å². The maximum atomic E-state index is 12.6. The predicted octanol–water partition coefficient (Wildman–Crippen LogP) is 2.22. The van der Waals surface area contributed by atoms with Crippen LogP contribution in [0.1, 0.15) is 18.6 Å². The van der Waals surface area contributed by atoms with Gasteiger partial charge in [0.2, 0.25) is 10.0 Å². The third-order valence-electron chi connectivity index (χ3n) is 4.25. The van der Waals surface area contributed by atoms with Gasteiger partial charge in [-0.1, -0.05) is 36.4 Å². The molecule has 142 valence electrons. The highest BCUT2D eigenvalue weighted by Crippen LogP contribution is 2.18. The summed E-state index contributed by atoms with van der Waals surface area (Å²) in [5.74, 6) is 0. The van der Waals surface area contributed by atoms with Crippen LogP contribution >= 0.6 is 0 Å². The summed E-state index contributed by atoms with van der Waals surface area (Å²) in [6.07, 6.45) is 2.70. The van der Waals surface area contributed by atoms with Crippen LogP contribution in [0.5, 0.6) is 0 Å². The highest BCUT2D eigenvalue weighted by molar-refractivity contribution is 7.89. The number of benzene rings is 2. The molecule has 2 aromatic carbocycles. The van der Waals surface area contributed by atoms with Gasteiger partial charge in [0.25, 0.3) is 0 Å². The first-order valence-electron chi connectivity index (χ1n) is 8.75. The average molecular weight is 385 g/mol. The second kappa shape index (κ2) is 8.58. The lowest BCUT2D eigenvalue weighted by atomic mass is 10.1. The Morgan fingerprint density at radius 1 is 1.04 bits per heavy atom. The highest BCUT2D eigenvalue weighted by atomic mass is 32.2. The summed E-state index contributed by atoms with van der Waals surface area (Å²) in [6.45, 7) is 2.53. The molecule has 0 bridgehead atoms. The van der Waals surface area contributed by atoms with Crippen molar-refractivity contribution in [1.29, 1.82) is 0 Å². The molecule has 0 aliphatic rings. The van der Waals surface area contributed by atoms with Gasteiger partial charge in [-0.25, -0.2) is 13.1 Å². The number of aromatic nitrogens is 1. The van der Waals surface area contributed by atoms with E-state index in [9.17, 15) is 13.5 Å². The van der Waals surface area contributed by atoms with Crippen molar-refractivity contribution < 1.29 is 13.5 Å². The molecule has 27 heavy (non-hydrogen) atoms. The van der Waals surface area contributed by atoms with Crippen molar-refractivity contribution in [3.63, 3.8) is 0 Å². The van der Waals surface area contributed by atoms with E-state index in [1.54, 1.807) is 43.6 Å². The normalized spacial score (nSPS) is 14.1. The lowest BCUT2D eigenvalue weighted by Crippen LogP contribution is -2.40. The second-order valence-electron chi connectivity index (χ2n) is 6.49. The molecule has 0 saturated heterocycles. The molecule has 3 N–H and O–H groups in total. The zero-order valence-electron chi connectivity index (χ0n) is 15.0. The van der Waals surface area contributed by atoms with Crippen molar-refractivity contribution >= 4 is 20.8 Å². The first kappa shape index (κ1) is 19.4. The molecule has 0 fully saturated rings. The van der Waals surface area contributed by atoms with E-state index < -0.39 is 16.1 Å². The summed E-state index contributed by atoms with van der Waals surface area (Å²) in [6, 6.07) is 15.8. The number of pyridine rings is 1. The Bertz CT molecular complexity index is 994. The van der Waals surface area contributed by atoms with Crippen LogP contribution in [0.2, 0.25) is 0 Å². The fourth-order valence-corrected chi connectivity index (χ4v) is 4.11. The Morgan fingerprint density at radius 2 is 1.81 bits per heavy atom. The van der Waals surface area contributed by atoms with Gasteiger partial charge in [-0.15, -0.1) is 0 Å². The summed E-state index contributed by atoms with van der Waals surface area (Å²) in [5.41, 5.74) is 0.823. The Labute approximate surface area is 159 Å². The van der Waals surface area contributed by atoms with Crippen molar-refractivity contribution in [2.24, 2.45) is 0 Å². The van der Waals surface area contributed by atoms with E-state index in [2.05, 4.69) is 15.0 Å². The third kappa shape index (κ3) is 5.11. The van der Waals surface area contributed by atoms with E-state index >= 15 is 0 Å². The molecule has 0 unspecified atom stereocenters. The monoisotopic (exact) mass is 385 g/mol. The number of aliphatic hydroxyl groups excluding tert-OH is 1. The molecule has 2 atom stereocenters. The minimum atomic E-state index is -3.63. The molecule has 0 aliphatic carbocycles. The van der Waals surface area contributed by atoms with Crippen LogP contribution in [0, 0.1) is 0 Å². The topological polar surface area (TPSA) is 91.3 Å². The maximum absolute atomic E-state index is 12.6. The summed E-state index contributed by atoms with van der Waals surface area (Å²) in [4.78, 5) is 4.25. The molecule has 1 heterocycles. The van der Waals surface area contributed by atoms with Crippen molar-refractivity contribution in [1.82, 2.24) is 15.0 Å². The number of fused-ring (bicyclic) bond motifs is 1. The minimum Gasteiger partial charge on any atom is -0.387 e. The van der Waals surface area contributed by atoms with Crippen LogP contribution in [0.4, 0.5) is 0 Å². The molecule has 0 aliphatic heterocycles. The smallest absolute Gasteiger partial charge is 0.240 e. The van der Waals surface area contributed by atoms with E-state index in [1.165, 1.54) is 0 Å². The van der Waals surface area contributed by atoms with Crippen LogP contribution in [-0.2, 0) is 10.0 Å². The molecule has 0 amide bonds. The molecular formula is C20H23N3O3S. The molecular weight excluding hydrogens is 362 g/mol. The lowest BCUT2D eigenvalue weighted by molar-refractivity contribution is 0.174. The van der Waals surface area contributed by atoms with Gasteiger partial charge in [-0.3, -0.25) is 4.98 Å². The number of sulfonamides is 1. The Morgan fingerprint density at radius 3 is 2.59 bits per heavy atom. The van der Waals surface area contributed by atoms with E-state index in [4.69, 9.17) is 0 Å². The molecule has 3 rings (SSSR count). The fraction of sp³-hybridized carbons (Fsp3) is 0.250. The lowest BCUT2D eigenvalue weighted by Gasteiger charge is -2.17. The van der Waals surface area contributed by atoms with Crippen LogP contribution in [0.25, 0.3) is 10.8 Å². The summed E-state index contributed by atoms with van der Waals surface area (Å²) < 4.78 is 27.9. The van der Waals surface area contributed by atoms with Crippen molar-refractivity contribution in [3.05, 3.63) is 72.6 Å². The first-order chi connectivity index (χ1) is 13.0. The van der Waals surface area contributed by atoms with Gasteiger partial charge < -0.3 is 10.4 Å². The summed E-state index contributed by atoms with van der Waals surface area (Å²) >= 11 is 0. The standard InChI is InChI=1S/C20H23N3O3S/c1-15(12-22-14-20(24)16-5-3-2-4-6-16)23-27(25,26)19-8-7-18-13-21-10-9-17(18)11-19/h2-11,13,15,20,22-24H,12,14H2,1H3/t15-,20-/m1/s1. The number of nitrogens with zero attached hydrogens (tertiary/aromatic N) is 1. The summed E-state index contributed by atoms with van der Waals surface area (Å²) in [7, 11) is -3.63. The molecule has 6 nitrogen and oxygen atoms in total. The molecule has 7 heteroatoms. The largest absolute Gasteiger partial charge is 0.387 e. The van der Waals surface area contributed by atoms with Crippen LogP contribution in [-0.4, -0.2) is 37.6 Å². The molecule has 3 aromatic rings. The Kier molecular flexibility index (Phi) is 6.18. The van der Waals surface area contributed by atoms with Gasteiger partial charge in [-0.05, 0) is 36.1 Å². The SMILES string of the molecule is C[C@H](CNC[C@@H](O)c1ccccc1)NS(=O)(=O)c1ccc2cnccc2c1. The predicted molar refractivity (Wildman–Crippen MR) is 106 cm³/mol. The molecule has 0 radical (unpaired) electrons. The van der Waals surface area contributed by atoms with Crippen LogP contribution in [0.15, 0.2) is 71.9 Å². The zero-order chi connectivity index (χ0) is 19.3. The van der Waals surface area contributed by atoms with Crippen molar-refractivity contribution in [3.8, 4) is 0 Å². The number of rotatable bonds is 8. The molecule has 0 saturated carbocycles. The molecule has 0 spiro atoms. The van der Waals surface area contributed by atoms with Gasteiger partial charge in [0, 0.05) is 36.9 Å². The zero-order valence-corrected chi connectivity index (χ0v) is 15.9. The molecule has 1 aromatic heterocycles. The number of hydrogen-bond acceptors (Lipinski definition) is 5. The fourth-order valence-electron chi connectivity index (χ4n) is 2.83. The first-order valence-corrected chi connectivity index (χ1v) is 10.2. The van der Waals surface area contributed by atoms with E-state index in [1.807, 2.05) is 30.3 Å². The quantitative estimate of drug-likeness (QED) is 0.553. The van der Waals surface area contributed by atoms with Gasteiger partial charge in [-0.2, -0.15) is 0 Å². The average Bonchev–Trinajstić information content (AvgIpc) is 2.67. The van der Waals surface area contributed by atoms with Crippen molar-refractivity contribution in [2.45, 2.75) is 24.0 Å². The third-order valence-corrected chi connectivity index (χ3v) is 5.84. The van der Waals surface area contributed by atoms with E-state index in [0.29, 0.717) is 13.1 Å². The number of aliphatic hydroxyl groups is 1. The minimum absolute atomic E-state index is 0.220. The van der Waals surface area contributed by atoms with Gasteiger partial charge in [0.1, 0.15) is 0 Å². The van der Waals surface area contributed by atoms with Crippen LogP contribution in [0.3, 0.4) is 0 Å². The van der Waals surface area contributed by atoms with E-state index in [-0.39, 0.29) is 10.9 Å². The Balaban J connectivity index is 1.56. The summed E-state index contributed by atoms with van der Waals surface area (Å²) in [5, 5.41) is 15.0. The number of hydrogen-bond donors (Lipinski definition) is 3. The highest BCUT2D eigenvalue weighted by Gasteiger charge is 2.18. The van der Waals surface area contributed by atoms with Gasteiger partial charge >= 0.3 is 0 Å². The second-order valence-corrected chi connectivity index (χ2v) is 8.21. The van der Waals surface area contributed by atoms with Gasteiger partial charge in [0.05, 0.1) is 11.0 Å². The number of nitrogens with one attached hydrogen (secondary N) is 2. The Hall–Kier alpha value is -2.32. The van der Waals surface area contributed by atoms with Gasteiger partial charge in [0.15, 0.2) is 0 Å². The maximum Gasteiger partial charge on any atom is 0.240 e.